The van der Waals surface area contributed by atoms with Crippen LogP contribution in [0.15, 0.2) is 60.7 Å². The topological polar surface area (TPSA) is 53.2 Å². The van der Waals surface area contributed by atoms with E-state index < -0.39 is 0 Å². The Morgan fingerprint density at radius 3 is 2.21 bits per heavy atom. The summed E-state index contributed by atoms with van der Waals surface area (Å²) in [6.07, 6.45) is 4.23. The Bertz CT molecular complexity index is 716. The molecule has 28 heavy (non-hydrogen) atoms. The van der Waals surface area contributed by atoms with Crippen molar-refractivity contribution in [1.29, 1.82) is 0 Å². The number of carbonyl (C=O) groups is 1. The van der Waals surface area contributed by atoms with Gasteiger partial charge in [0.1, 0.15) is 0 Å². The molecule has 1 atom stereocenters. The Hall–Kier alpha value is -2.17. The van der Waals surface area contributed by atoms with Crippen LogP contribution in [-0.4, -0.2) is 38.1 Å². The smallest absolute Gasteiger partial charge is 0.237 e. The van der Waals surface area contributed by atoms with Crippen molar-refractivity contribution >= 4 is 5.91 Å². The van der Waals surface area contributed by atoms with Gasteiger partial charge in [0.15, 0.2) is 0 Å². The Labute approximate surface area is 168 Å². The molecule has 3 N–H and O–H groups in total. The molecule has 4 rings (SSSR count). The summed E-state index contributed by atoms with van der Waals surface area (Å²) in [4.78, 5) is 12.7. The largest absolute Gasteiger partial charge is 0.355 e. The van der Waals surface area contributed by atoms with Gasteiger partial charge in [-0.05, 0) is 55.3 Å². The zero-order valence-corrected chi connectivity index (χ0v) is 16.5. The molecule has 0 aromatic heterocycles. The van der Waals surface area contributed by atoms with Crippen LogP contribution >= 0.6 is 0 Å². The van der Waals surface area contributed by atoms with Crippen LogP contribution < -0.4 is 16.0 Å². The summed E-state index contributed by atoms with van der Waals surface area (Å²) in [6.45, 7) is 3.82. The SMILES string of the molecule is O=C(NCCC(c1ccccc1)c1ccccc1)[C@H]1CC2(CCNCC2)CN1. The van der Waals surface area contributed by atoms with Crippen LogP contribution in [-0.2, 0) is 4.79 Å². The molecule has 148 valence electrons. The minimum Gasteiger partial charge on any atom is -0.355 e. The molecule has 2 heterocycles. The molecule has 2 aliphatic rings. The Morgan fingerprint density at radius 1 is 1.00 bits per heavy atom. The van der Waals surface area contributed by atoms with Gasteiger partial charge in [-0.25, -0.2) is 0 Å². The summed E-state index contributed by atoms with van der Waals surface area (Å²) < 4.78 is 0. The fourth-order valence-electron chi connectivity index (χ4n) is 4.80. The summed E-state index contributed by atoms with van der Waals surface area (Å²) in [5.41, 5.74) is 2.93. The molecule has 0 saturated carbocycles. The molecule has 0 bridgehead atoms. The average molecular weight is 378 g/mol. The van der Waals surface area contributed by atoms with Crippen molar-refractivity contribution < 1.29 is 4.79 Å². The minimum atomic E-state index is -0.0370. The number of hydrogen-bond donors (Lipinski definition) is 3. The van der Waals surface area contributed by atoms with Crippen LogP contribution in [0.1, 0.15) is 42.7 Å². The second kappa shape index (κ2) is 8.89. The Kier molecular flexibility index (Phi) is 6.08. The summed E-state index contributed by atoms with van der Waals surface area (Å²) in [6, 6.07) is 21.1. The molecule has 2 aliphatic heterocycles. The molecule has 4 nitrogen and oxygen atoms in total. The highest BCUT2D eigenvalue weighted by Crippen LogP contribution is 2.37. The second-order valence-electron chi connectivity index (χ2n) is 8.34. The van der Waals surface area contributed by atoms with E-state index in [0.29, 0.717) is 17.9 Å². The first-order valence-corrected chi connectivity index (χ1v) is 10.6. The standard InChI is InChI=1S/C24H31N3O/c28-23(22-17-24(18-27-22)12-15-25-16-13-24)26-14-11-21(19-7-3-1-4-8-19)20-9-5-2-6-10-20/h1-10,21-22,25,27H,11-18H2,(H,26,28)/t22-/m1/s1. The fraction of sp³-hybridized carbons (Fsp3) is 0.458. The Balaban J connectivity index is 1.34. The van der Waals surface area contributed by atoms with Crippen LogP contribution in [0.3, 0.4) is 0 Å². The molecular weight excluding hydrogens is 346 g/mol. The van der Waals surface area contributed by atoms with Gasteiger partial charge in [0.2, 0.25) is 5.91 Å². The number of amides is 1. The van der Waals surface area contributed by atoms with Crippen molar-refractivity contribution in [2.45, 2.75) is 37.6 Å². The van der Waals surface area contributed by atoms with Crippen LogP contribution in [0, 0.1) is 5.41 Å². The third-order valence-corrected chi connectivity index (χ3v) is 6.48. The van der Waals surface area contributed by atoms with Crippen molar-refractivity contribution in [3.8, 4) is 0 Å². The van der Waals surface area contributed by atoms with Crippen LogP contribution in [0.25, 0.3) is 0 Å². The van der Waals surface area contributed by atoms with E-state index in [4.69, 9.17) is 0 Å². The highest BCUT2D eigenvalue weighted by molar-refractivity contribution is 5.82. The van der Waals surface area contributed by atoms with E-state index in [9.17, 15) is 4.79 Å². The van der Waals surface area contributed by atoms with Crippen LogP contribution in [0.2, 0.25) is 0 Å². The maximum Gasteiger partial charge on any atom is 0.237 e. The number of rotatable bonds is 6. The molecule has 4 heteroatoms. The monoisotopic (exact) mass is 377 g/mol. The number of hydrogen-bond acceptors (Lipinski definition) is 3. The molecular formula is C24H31N3O. The lowest BCUT2D eigenvalue weighted by molar-refractivity contribution is -0.123. The first kappa shape index (κ1) is 19.2. The zero-order chi connectivity index (χ0) is 19.2. The highest BCUT2D eigenvalue weighted by atomic mass is 16.2. The van der Waals surface area contributed by atoms with Gasteiger partial charge >= 0.3 is 0 Å². The predicted octanol–water partition coefficient (Wildman–Crippen LogP) is 3.06. The minimum absolute atomic E-state index is 0.0370. The first-order chi connectivity index (χ1) is 13.8. The first-order valence-electron chi connectivity index (χ1n) is 10.6. The summed E-state index contributed by atoms with van der Waals surface area (Å²) >= 11 is 0. The van der Waals surface area contributed by atoms with E-state index in [0.717, 1.165) is 32.5 Å². The second-order valence-corrected chi connectivity index (χ2v) is 8.34. The van der Waals surface area contributed by atoms with Crippen LogP contribution in [0.5, 0.6) is 0 Å². The van der Waals surface area contributed by atoms with Gasteiger partial charge in [0.25, 0.3) is 0 Å². The van der Waals surface area contributed by atoms with E-state index in [1.807, 2.05) is 0 Å². The average Bonchev–Trinajstić information content (AvgIpc) is 3.16. The van der Waals surface area contributed by atoms with Gasteiger partial charge in [-0.1, -0.05) is 60.7 Å². The lowest BCUT2D eigenvalue weighted by atomic mass is 9.77. The molecule has 1 spiro atoms. The van der Waals surface area contributed by atoms with E-state index in [1.165, 1.54) is 24.0 Å². The van der Waals surface area contributed by atoms with Gasteiger partial charge < -0.3 is 16.0 Å². The summed E-state index contributed by atoms with van der Waals surface area (Å²) in [5.74, 6) is 0.463. The number of nitrogens with one attached hydrogen (secondary N) is 3. The Morgan fingerprint density at radius 2 is 1.61 bits per heavy atom. The third-order valence-electron chi connectivity index (χ3n) is 6.48. The van der Waals surface area contributed by atoms with Crippen molar-refractivity contribution in [1.82, 2.24) is 16.0 Å². The zero-order valence-electron chi connectivity index (χ0n) is 16.5. The summed E-state index contributed by atoms with van der Waals surface area (Å²) in [5, 5.41) is 10.1. The van der Waals surface area contributed by atoms with Crippen molar-refractivity contribution in [2.24, 2.45) is 5.41 Å². The highest BCUT2D eigenvalue weighted by Gasteiger charge is 2.41. The normalized spacial score (nSPS) is 21.1. The van der Waals surface area contributed by atoms with E-state index >= 15 is 0 Å². The van der Waals surface area contributed by atoms with Crippen molar-refractivity contribution in [3.05, 3.63) is 71.8 Å². The molecule has 2 aromatic rings. The quantitative estimate of drug-likeness (QED) is 0.725. The maximum atomic E-state index is 12.7. The molecule has 2 aromatic carbocycles. The maximum absolute atomic E-state index is 12.7. The molecule has 0 unspecified atom stereocenters. The van der Waals surface area contributed by atoms with Gasteiger partial charge in [-0.15, -0.1) is 0 Å². The number of piperidine rings is 1. The lowest BCUT2D eigenvalue weighted by Gasteiger charge is -2.33. The van der Waals surface area contributed by atoms with E-state index in [-0.39, 0.29) is 11.9 Å². The fourth-order valence-corrected chi connectivity index (χ4v) is 4.80. The molecule has 1 amide bonds. The molecule has 0 aliphatic carbocycles. The van der Waals surface area contributed by atoms with Crippen LogP contribution in [0.4, 0.5) is 0 Å². The predicted molar refractivity (Wildman–Crippen MR) is 113 cm³/mol. The van der Waals surface area contributed by atoms with E-state index in [1.54, 1.807) is 0 Å². The molecule has 2 saturated heterocycles. The third kappa shape index (κ3) is 4.45. The number of carbonyl (C=O) groups excluding carboxylic acids is 1. The molecule has 2 fully saturated rings. The van der Waals surface area contributed by atoms with E-state index in [2.05, 4.69) is 76.6 Å². The van der Waals surface area contributed by atoms with Gasteiger partial charge in [-0.2, -0.15) is 0 Å². The van der Waals surface area contributed by atoms with Gasteiger partial charge in [-0.3, -0.25) is 4.79 Å². The molecule has 0 radical (unpaired) electrons. The number of benzene rings is 2. The van der Waals surface area contributed by atoms with Gasteiger partial charge in [0, 0.05) is 19.0 Å². The summed E-state index contributed by atoms with van der Waals surface area (Å²) in [7, 11) is 0. The van der Waals surface area contributed by atoms with Crippen molar-refractivity contribution in [2.75, 3.05) is 26.2 Å². The van der Waals surface area contributed by atoms with Crippen molar-refractivity contribution in [3.63, 3.8) is 0 Å². The lowest BCUT2D eigenvalue weighted by Crippen LogP contribution is -2.41. The van der Waals surface area contributed by atoms with Gasteiger partial charge in [0.05, 0.1) is 6.04 Å².